The van der Waals surface area contributed by atoms with Gasteiger partial charge in [-0.05, 0) is 36.2 Å². The summed E-state index contributed by atoms with van der Waals surface area (Å²) in [7, 11) is 0. The molecular weight excluding hydrogens is 362 g/mol. The van der Waals surface area contributed by atoms with Crippen LogP contribution in [0.15, 0.2) is 41.8 Å². The van der Waals surface area contributed by atoms with Gasteiger partial charge in [0.05, 0.1) is 25.8 Å². The van der Waals surface area contributed by atoms with Crippen LogP contribution in [0, 0.1) is 6.92 Å². The molecule has 0 aliphatic carbocycles. The minimum absolute atomic E-state index is 0.0977. The van der Waals surface area contributed by atoms with Gasteiger partial charge in [0.2, 0.25) is 0 Å². The lowest BCUT2D eigenvalue weighted by Gasteiger charge is -2.24. The Morgan fingerprint density at radius 3 is 2.69 bits per heavy atom. The van der Waals surface area contributed by atoms with E-state index in [0.29, 0.717) is 0 Å². The van der Waals surface area contributed by atoms with Crippen molar-refractivity contribution in [3.8, 4) is 0 Å². The summed E-state index contributed by atoms with van der Waals surface area (Å²) in [6.07, 6.45) is 1.12. The normalized spacial score (nSPS) is 16.2. The van der Waals surface area contributed by atoms with Crippen LogP contribution in [0.4, 0.5) is 0 Å². The third kappa shape index (κ3) is 5.77. The van der Waals surface area contributed by atoms with Crippen molar-refractivity contribution in [3.05, 3.63) is 57.8 Å². The molecule has 0 unspecified atom stereocenters. The molecule has 3 rings (SSSR count). The van der Waals surface area contributed by atoms with Gasteiger partial charge >= 0.3 is 0 Å². The summed E-state index contributed by atoms with van der Waals surface area (Å²) in [5.41, 5.74) is 2.50. The largest absolute Gasteiger partial charge is 0.370 e. The number of hydrogen-bond acceptors (Lipinski definition) is 3. The Hall–Kier alpha value is -1.47. The summed E-state index contributed by atoms with van der Waals surface area (Å²) in [5.74, 6) is 0. The molecule has 140 valence electrons. The SMILES string of the molecule is Cc1ccc([C@H](NC(=S)NCCC[NH+]2CCOCC2)c2cccs2)cc1. The molecule has 1 saturated heterocycles. The Kier molecular flexibility index (Phi) is 7.43. The first-order valence-corrected chi connectivity index (χ1v) is 10.6. The fourth-order valence-electron chi connectivity index (χ4n) is 3.17. The van der Waals surface area contributed by atoms with E-state index in [4.69, 9.17) is 17.0 Å². The van der Waals surface area contributed by atoms with Crippen molar-refractivity contribution in [1.82, 2.24) is 10.6 Å². The van der Waals surface area contributed by atoms with E-state index in [1.807, 2.05) is 0 Å². The fourth-order valence-corrected chi connectivity index (χ4v) is 4.19. The summed E-state index contributed by atoms with van der Waals surface area (Å²) in [6.45, 7) is 8.21. The predicted molar refractivity (Wildman–Crippen MR) is 112 cm³/mol. The molecule has 4 nitrogen and oxygen atoms in total. The fraction of sp³-hybridized carbons (Fsp3) is 0.450. The lowest BCUT2D eigenvalue weighted by atomic mass is 10.0. The predicted octanol–water partition coefficient (Wildman–Crippen LogP) is 1.92. The number of thiophene rings is 1. The van der Waals surface area contributed by atoms with Crippen LogP contribution >= 0.6 is 23.6 Å². The Morgan fingerprint density at radius 2 is 2.00 bits per heavy atom. The first-order valence-electron chi connectivity index (χ1n) is 9.28. The van der Waals surface area contributed by atoms with E-state index in [1.54, 1.807) is 16.2 Å². The third-order valence-electron chi connectivity index (χ3n) is 4.71. The van der Waals surface area contributed by atoms with Crippen LogP contribution in [0.25, 0.3) is 0 Å². The van der Waals surface area contributed by atoms with Crippen molar-refractivity contribution in [1.29, 1.82) is 0 Å². The number of rotatable bonds is 7. The molecule has 1 aliphatic heterocycles. The second-order valence-corrected chi connectivity index (χ2v) is 8.11. The van der Waals surface area contributed by atoms with Crippen molar-refractivity contribution >= 4 is 28.7 Å². The number of nitrogens with one attached hydrogen (secondary N) is 3. The van der Waals surface area contributed by atoms with E-state index in [-0.39, 0.29) is 6.04 Å². The van der Waals surface area contributed by atoms with Gasteiger partial charge in [-0.15, -0.1) is 11.3 Å². The van der Waals surface area contributed by atoms with Gasteiger partial charge in [0.15, 0.2) is 5.11 Å². The van der Waals surface area contributed by atoms with Gasteiger partial charge in [-0.25, -0.2) is 0 Å². The smallest absolute Gasteiger partial charge is 0.167 e. The highest BCUT2D eigenvalue weighted by atomic mass is 32.1. The summed E-state index contributed by atoms with van der Waals surface area (Å²) < 4.78 is 5.41. The van der Waals surface area contributed by atoms with E-state index in [2.05, 4.69) is 59.3 Å². The molecular formula is C20H28N3OS2+. The number of morpholine rings is 1. The average Bonchev–Trinajstić information content (AvgIpc) is 3.19. The van der Waals surface area contributed by atoms with Gasteiger partial charge in [-0.1, -0.05) is 35.9 Å². The van der Waals surface area contributed by atoms with Crippen LogP contribution in [0.3, 0.4) is 0 Å². The Labute approximate surface area is 165 Å². The molecule has 26 heavy (non-hydrogen) atoms. The Morgan fingerprint density at radius 1 is 1.23 bits per heavy atom. The zero-order valence-electron chi connectivity index (χ0n) is 15.3. The van der Waals surface area contributed by atoms with E-state index < -0.39 is 0 Å². The van der Waals surface area contributed by atoms with Crippen LogP contribution in [0.5, 0.6) is 0 Å². The molecule has 3 N–H and O–H groups in total. The van der Waals surface area contributed by atoms with Crippen LogP contribution in [0.1, 0.15) is 28.5 Å². The van der Waals surface area contributed by atoms with Gasteiger partial charge in [-0.3, -0.25) is 0 Å². The van der Waals surface area contributed by atoms with Crippen molar-refractivity contribution in [2.45, 2.75) is 19.4 Å². The van der Waals surface area contributed by atoms with Crippen molar-refractivity contribution in [2.24, 2.45) is 0 Å². The van der Waals surface area contributed by atoms with Crippen LogP contribution in [-0.4, -0.2) is 44.5 Å². The van der Waals surface area contributed by atoms with Crippen molar-refractivity contribution in [3.63, 3.8) is 0 Å². The number of thiocarbonyl (C=S) groups is 1. The Bertz CT molecular complexity index is 667. The number of hydrogen-bond donors (Lipinski definition) is 3. The van der Waals surface area contributed by atoms with Crippen LogP contribution in [-0.2, 0) is 4.74 Å². The molecule has 0 bridgehead atoms. The van der Waals surface area contributed by atoms with E-state index in [9.17, 15) is 0 Å². The molecule has 1 aromatic heterocycles. The topological polar surface area (TPSA) is 37.7 Å². The third-order valence-corrected chi connectivity index (χ3v) is 5.91. The van der Waals surface area contributed by atoms with Gasteiger partial charge in [0.1, 0.15) is 13.1 Å². The van der Waals surface area contributed by atoms with E-state index in [0.717, 1.165) is 44.4 Å². The summed E-state index contributed by atoms with van der Waals surface area (Å²) in [4.78, 5) is 2.91. The summed E-state index contributed by atoms with van der Waals surface area (Å²) in [5, 5.41) is 9.71. The number of quaternary nitrogens is 1. The van der Waals surface area contributed by atoms with Crippen LogP contribution < -0.4 is 15.5 Å². The first kappa shape index (κ1) is 19.3. The zero-order chi connectivity index (χ0) is 18.2. The highest BCUT2D eigenvalue weighted by molar-refractivity contribution is 7.80. The van der Waals surface area contributed by atoms with Crippen molar-refractivity contribution < 1.29 is 9.64 Å². The number of benzene rings is 1. The molecule has 1 aliphatic rings. The molecule has 1 atom stereocenters. The van der Waals surface area contributed by atoms with Crippen molar-refractivity contribution in [2.75, 3.05) is 39.4 Å². The maximum absolute atomic E-state index is 5.56. The first-order chi connectivity index (χ1) is 12.7. The molecule has 0 spiro atoms. The number of aryl methyl sites for hydroxylation is 1. The molecule has 2 aromatic rings. The number of ether oxygens (including phenoxy) is 1. The minimum atomic E-state index is 0.0977. The molecule has 0 amide bonds. The van der Waals surface area contributed by atoms with E-state index in [1.165, 1.54) is 22.5 Å². The van der Waals surface area contributed by atoms with Gasteiger partial charge in [0, 0.05) is 17.8 Å². The molecule has 0 radical (unpaired) electrons. The molecule has 1 aromatic carbocycles. The lowest BCUT2D eigenvalue weighted by molar-refractivity contribution is -0.908. The lowest BCUT2D eigenvalue weighted by Crippen LogP contribution is -3.14. The maximum Gasteiger partial charge on any atom is 0.167 e. The second-order valence-electron chi connectivity index (χ2n) is 6.73. The zero-order valence-corrected chi connectivity index (χ0v) is 16.9. The monoisotopic (exact) mass is 390 g/mol. The summed E-state index contributed by atoms with van der Waals surface area (Å²) >= 11 is 7.31. The standard InChI is InChI=1S/C20H27N3OS2/c1-16-5-7-17(8-6-16)19(18-4-2-15-26-18)22-20(25)21-9-3-10-23-11-13-24-14-12-23/h2,4-8,15,19H,3,9-14H2,1H3,(H2,21,22,25)/p+1/t19-/m0/s1. The average molecular weight is 391 g/mol. The molecule has 2 heterocycles. The van der Waals surface area contributed by atoms with Gasteiger partial charge in [-0.2, -0.15) is 0 Å². The molecule has 6 heteroatoms. The van der Waals surface area contributed by atoms with Gasteiger partial charge < -0.3 is 20.3 Å². The summed E-state index contributed by atoms with van der Waals surface area (Å²) in [6, 6.07) is 13.0. The van der Waals surface area contributed by atoms with E-state index >= 15 is 0 Å². The highest BCUT2D eigenvalue weighted by Gasteiger charge is 2.16. The maximum atomic E-state index is 5.56. The van der Waals surface area contributed by atoms with Gasteiger partial charge in [0.25, 0.3) is 0 Å². The second kappa shape index (κ2) is 10.0. The minimum Gasteiger partial charge on any atom is -0.370 e. The quantitative estimate of drug-likeness (QED) is 0.499. The highest BCUT2D eigenvalue weighted by Crippen LogP contribution is 2.26. The molecule has 0 saturated carbocycles. The van der Waals surface area contributed by atoms with Crippen LogP contribution in [0.2, 0.25) is 0 Å². The Balaban J connectivity index is 1.50. The molecule has 1 fully saturated rings.